The lowest BCUT2D eigenvalue weighted by Crippen LogP contribution is -2.16. The second-order valence-electron chi connectivity index (χ2n) is 4.28. The summed E-state index contributed by atoms with van der Waals surface area (Å²) in [6, 6.07) is 0. The van der Waals surface area contributed by atoms with Gasteiger partial charge in [-0.2, -0.15) is 0 Å². The first-order valence-corrected chi connectivity index (χ1v) is 5.73. The molecule has 0 aliphatic carbocycles. The highest BCUT2D eigenvalue weighted by molar-refractivity contribution is 5.85. The number of esters is 2. The summed E-state index contributed by atoms with van der Waals surface area (Å²) < 4.78 is 4.72. The van der Waals surface area contributed by atoms with E-state index in [0.29, 0.717) is 12.8 Å². The zero-order valence-electron chi connectivity index (χ0n) is 10.2. The van der Waals surface area contributed by atoms with Crippen molar-refractivity contribution in [3.63, 3.8) is 0 Å². The lowest BCUT2D eigenvalue weighted by Gasteiger charge is -2.09. The molecule has 0 bridgehead atoms. The van der Waals surface area contributed by atoms with E-state index in [9.17, 15) is 9.59 Å². The highest BCUT2D eigenvalue weighted by Gasteiger charge is 2.15. The van der Waals surface area contributed by atoms with E-state index in [1.54, 1.807) is 0 Å². The van der Waals surface area contributed by atoms with Gasteiger partial charge in [-0.15, -0.1) is 0 Å². The lowest BCUT2D eigenvalue weighted by molar-refractivity contribution is -0.160. The summed E-state index contributed by atoms with van der Waals surface area (Å²) in [5, 5.41) is 0. The van der Waals surface area contributed by atoms with Crippen LogP contribution in [0.3, 0.4) is 0 Å². The Kier molecular flexibility index (Phi) is 7.01. The number of carbonyl (C=O) groups excluding carboxylic acids is 2. The molecule has 0 aromatic rings. The van der Waals surface area contributed by atoms with Gasteiger partial charge in [0.15, 0.2) is 0 Å². The predicted octanol–water partition coefficient (Wildman–Crippen LogP) is 2.93. The Labute approximate surface area is 92.2 Å². The molecule has 0 aliphatic rings. The Morgan fingerprint density at radius 1 is 0.933 bits per heavy atom. The quantitative estimate of drug-likeness (QED) is 0.504. The van der Waals surface area contributed by atoms with E-state index < -0.39 is 11.9 Å². The second kappa shape index (κ2) is 7.43. The van der Waals surface area contributed by atoms with E-state index in [4.69, 9.17) is 4.74 Å². The van der Waals surface area contributed by atoms with Crippen molar-refractivity contribution in [1.29, 1.82) is 0 Å². The Bertz CT molecular complexity index is 189. The van der Waals surface area contributed by atoms with Gasteiger partial charge in [0.2, 0.25) is 0 Å². The van der Waals surface area contributed by atoms with Gasteiger partial charge in [0.1, 0.15) is 0 Å². The van der Waals surface area contributed by atoms with Crippen LogP contribution in [-0.2, 0) is 14.3 Å². The van der Waals surface area contributed by atoms with Crippen molar-refractivity contribution in [2.24, 2.45) is 11.8 Å². The van der Waals surface area contributed by atoms with Gasteiger partial charge >= 0.3 is 11.9 Å². The van der Waals surface area contributed by atoms with Crippen LogP contribution in [0.15, 0.2) is 0 Å². The minimum absolute atomic E-state index is 0.286. The molecule has 0 amide bonds. The van der Waals surface area contributed by atoms with Crippen LogP contribution in [0.1, 0.15) is 53.4 Å². The van der Waals surface area contributed by atoms with Crippen molar-refractivity contribution in [2.75, 3.05) is 0 Å². The maximum absolute atomic E-state index is 11.2. The van der Waals surface area contributed by atoms with Gasteiger partial charge in [-0.05, 0) is 11.8 Å². The van der Waals surface area contributed by atoms with E-state index in [-0.39, 0.29) is 11.8 Å². The van der Waals surface area contributed by atoms with Crippen LogP contribution in [0.4, 0.5) is 0 Å². The van der Waals surface area contributed by atoms with E-state index in [1.165, 1.54) is 0 Å². The van der Waals surface area contributed by atoms with Crippen LogP contribution in [0.25, 0.3) is 0 Å². The highest BCUT2D eigenvalue weighted by atomic mass is 16.6. The lowest BCUT2D eigenvalue weighted by atomic mass is 10.1. The summed E-state index contributed by atoms with van der Waals surface area (Å²) in [6.07, 6.45) is 2.52. The van der Waals surface area contributed by atoms with Crippen LogP contribution < -0.4 is 0 Å². The van der Waals surface area contributed by atoms with E-state index in [1.807, 2.05) is 27.7 Å². The first-order valence-electron chi connectivity index (χ1n) is 5.73. The van der Waals surface area contributed by atoms with Gasteiger partial charge < -0.3 is 4.74 Å². The van der Waals surface area contributed by atoms with Gasteiger partial charge in [0.05, 0.1) is 0 Å². The third kappa shape index (κ3) is 7.11. The van der Waals surface area contributed by atoms with Crippen LogP contribution in [0.5, 0.6) is 0 Å². The Morgan fingerprint density at radius 2 is 1.27 bits per heavy atom. The van der Waals surface area contributed by atoms with Gasteiger partial charge in [0.25, 0.3) is 0 Å². The molecule has 0 aromatic carbocycles. The molecule has 2 atom stereocenters. The minimum atomic E-state index is -0.391. The predicted molar refractivity (Wildman–Crippen MR) is 59.2 cm³/mol. The zero-order valence-corrected chi connectivity index (χ0v) is 10.2. The van der Waals surface area contributed by atoms with Crippen molar-refractivity contribution in [2.45, 2.75) is 53.4 Å². The summed E-state index contributed by atoms with van der Waals surface area (Å²) in [6.45, 7) is 7.97. The largest absolute Gasteiger partial charge is 0.393 e. The maximum Gasteiger partial charge on any atom is 0.313 e. The average Bonchev–Trinajstić information content (AvgIpc) is 2.16. The Morgan fingerprint density at radius 3 is 1.53 bits per heavy atom. The van der Waals surface area contributed by atoms with Gasteiger partial charge in [0, 0.05) is 12.8 Å². The van der Waals surface area contributed by atoms with E-state index in [0.717, 1.165) is 12.8 Å². The molecule has 0 spiro atoms. The number of hydrogen-bond donors (Lipinski definition) is 0. The maximum atomic E-state index is 11.2. The monoisotopic (exact) mass is 214 g/mol. The topological polar surface area (TPSA) is 43.4 Å². The number of ether oxygens (including phenoxy) is 1. The minimum Gasteiger partial charge on any atom is -0.393 e. The first kappa shape index (κ1) is 14.1. The fourth-order valence-corrected chi connectivity index (χ4v) is 1.07. The second-order valence-corrected chi connectivity index (χ2v) is 4.28. The first-order chi connectivity index (χ1) is 6.99. The van der Waals surface area contributed by atoms with Crippen LogP contribution in [0.2, 0.25) is 0 Å². The Balaban J connectivity index is 3.81. The molecule has 0 rings (SSSR count). The number of hydrogen-bond acceptors (Lipinski definition) is 3. The zero-order chi connectivity index (χ0) is 11.8. The van der Waals surface area contributed by atoms with Gasteiger partial charge in [-0.25, -0.2) is 0 Å². The average molecular weight is 214 g/mol. The molecule has 0 saturated heterocycles. The van der Waals surface area contributed by atoms with Crippen LogP contribution >= 0.6 is 0 Å². The fourth-order valence-electron chi connectivity index (χ4n) is 1.07. The summed E-state index contributed by atoms with van der Waals surface area (Å²) in [7, 11) is 0. The van der Waals surface area contributed by atoms with E-state index >= 15 is 0 Å². The molecule has 3 heteroatoms. The molecule has 0 saturated carbocycles. The van der Waals surface area contributed by atoms with Gasteiger partial charge in [-0.1, -0.05) is 40.5 Å². The van der Waals surface area contributed by atoms with Crippen molar-refractivity contribution in [3.8, 4) is 0 Å². The van der Waals surface area contributed by atoms with Crippen molar-refractivity contribution >= 4 is 11.9 Å². The summed E-state index contributed by atoms with van der Waals surface area (Å²) in [5.41, 5.74) is 0. The number of rotatable bonds is 6. The van der Waals surface area contributed by atoms with E-state index in [2.05, 4.69) is 0 Å². The summed E-state index contributed by atoms with van der Waals surface area (Å²) >= 11 is 0. The molecule has 0 aliphatic heterocycles. The molecule has 2 unspecified atom stereocenters. The summed E-state index contributed by atoms with van der Waals surface area (Å²) in [4.78, 5) is 22.5. The van der Waals surface area contributed by atoms with Crippen molar-refractivity contribution in [1.82, 2.24) is 0 Å². The number of carbonyl (C=O) groups is 2. The molecule has 88 valence electrons. The molecule has 15 heavy (non-hydrogen) atoms. The molecule has 0 radical (unpaired) electrons. The van der Waals surface area contributed by atoms with Gasteiger partial charge in [-0.3, -0.25) is 9.59 Å². The van der Waals surface area contributed by atoms with Crippen LogP contribution in [0, 0.1) is 11.8 Å². The molecular weight excluding hydrogens is 192 g/mol. The smallest absolute Gasteiger partial charge is 0.313 e. The normalized spacial score (nSPS) is 14.4. The molecule has 0 fully saturated rings. The molecule has 3 nitrogen and oxygen atoms in total. The highest BCUT2D eigenvalue weighted by Crippen LogP contribution is 2.10. The van der Waals surface area contributed by atoms with Crippen molar-refractivity contribution in [3.05, 3.63) is 0 Å². The SMILES string of the molecule is CCC(C)CC(=O)OC(=O)CC(C)CC. The summed E-state index contributed by atoms with van der Waals surface area (Å²) in [5.74, 6) is -0.210. The van der Waals surface area contributed by atoms with Crippen LogP contribution in [-0.4, -0.2) is 11.9 Å². The Hall–Kier alpha value is -0.860. The standard InChI is InChI=1S/C12H22O3/c1-5-9(3)7-11(13)15-12(14)8-10(4)6-2/h9-10H,5-8H2,1-4H3. The van der Waals surface area contributed by atoms with Crippen molar-refractivity contribution < 1.29 is 14.3 Å². The molecular formula is C12H22O3. The molecule has 0 heterocycles. The third-order valence-electron chi connectivity index (χ3n) is 2.65. The molecule has 0 aromatic heterocycles. The molecule has 0 N–H and O–H groups in total. The third-order valence-corrected chi connectivity index (χ3v) is 2.65. The fraction of sp³-hybridized carbons (Fsp3) is 0.833.